The first-order valence-electron chi connectivity index (χ1n) is 5.35. The highest BCUT2D eigenvalue weighted by Gasteiger charge is 2.01. The quantitative estimate of drug-likeness (QED) is 0.822. The molecule has 1 heterocycles. The minimum Gasteiger partial charge on any atom is -0.497 e. The summed E-state index contributed by atoms with van der Waals surface area (Å²) in [5.41, 5.74) is 0.929. The molecule has 0 saturated heterocycles. The van der Waals surface area contributed by atoms with E-state index in [1.54, 1.807) is 20.3 Å². The Morgan fingerprint density at radius 2 is 1.78 bits per heavy atom. The van der Waals surface area contributed by atoms with Crippen molar-refractivity contribution < 1.29 is 9.47 Å². The molecule has 0 aliphatic heterocycles. The molecule has 5 nitrogen and oxygen atoms in total. The first kappa shape index (κ1) is 12.0. The Hall–Kier alpha value is -2.43. The molecular weight excluding hydrogens is 230 g/mol. The average Bonchev–Trinajstić information content (AvgIpc) is 2.46. The van der Waals surface area contributed by atoms with E-state index in [2.05, 4.69) is 15.0 Å². The molecule has 5 heteroatoms. The van der Waals surface area contributed by atoms with Crippen molar-refractivity contribution in [3.05, 3.63) is 42.2 Å². The van der Waals surface area contributed by atoms with Gasteiger partial charge in [-0.15, -0.1) is 0 Å². The Bertz CT molecular complexity index is 541. The third-order valence-corrected chi connectivity index (χ3v) is 2.37. The van der Waals surface area contributed by atoms with Gasteiger partial charge in [-0.3, -0.25) is 0 Å². The molecule has 1 aromatic carbocycles. The highest BCUT2D eigenvalue weighted by Crippen LogP contribution is 2.25. The van der Waals surface area contributed by atoms with Gasteiger partial charge >= 0.3 is 0 Å². The Kier molecular flexibility index (Phi) is 3.86. The molecule has 0 aliphatic carbocycles. The number of rotatable bonds is 4. The van der Waals surface area contributed by atoms with Crippen molar-refractivity contribution in [2.45, 2.75) is 0 Å². The van der Waals surface area contributed by atoms with Crippen LogP contribution in [-0.2, 0) is 0 Å². The van der Waals surface area contributed by atoms with Gasteiger partial charge in [-0.25, -0.2) is 15.0 Å². The van der Waals surface area contributed by atoms with Gasteiger partial charge in [0.05, 0.1) is 14.2 Å². The van der Waals surface area contributed by atoms with Crippen LogP contribution in [0.4, 0.5) is 0 Å². The fraction of sp³-hybridized carbons (Fsp3) is 0.154. The molecule has 0 N–H and O–H groups in total. The number of ether oxygens (including phenoxy) is 2. The number of hydrogen-bond acceptors (Lipinski definition) is 5. The highest BCUT2D eigenvalue weighted by atomic mass is 16.5. The van der Waals surface area contributed by atoms with Crippen molar-refractivity contribution in [2.75, 3.05) is 14.2 Å². The van der Waals surface area contributed by atoms with E-state index in [1.165, 1.54) is 12.7 Å². The van der Waals surface area contributed by atoms with Crippen LogP contribution < -0.4 is 9.47 Å². The predicted octanol–water partition coefficient (Wildman–Crippen LogP) is 2.06. The molecule has 0 unspecified atom stereocenters. The van der Waals surface area contributed by atoms with Crippen molar-refractivity contribution >= 4 is 12.2 Å². The van der Waals surface area contributed by atoms with E-state index < -0.39 is 0 Å². The lowest BCUT2D eigenvalue weighted by atomic mass is 10.1. The minimum atomic E-state index is 0.600. The maximum Gasteiger partial charge on any atom is 0.155 e. The van der Waals surface area contributed by atoms with E-state index in [0.717, 1.165) is 17.1 Å². The molecule has 0 radical (unpaired) electrons. The van der Waals surface area contributed by atoms with Crippen LogP contribution in [0.2, 0.25) is 0 Å². The molecule has 0 aliphatic rings. The normalized spacial score (nSPS) is 10.6. The Balaban J connectivity index is 2.26. The summed E-state index contributed by atoms with van der Waals surface area (Å²) in [4.78, 5) is 11.8. The summed E-state index contributed by atoms with van der Waals surface area (Å²) >= 11 is 0. The maximum absolute atomic E-state index is 5.29. The molecule has 2 rings (SSSR count). The Labute approximate surface area is 105 Å². The molecule has 18 heavy (non-hydrogen) atoms. The summed E-state index contributed by atoms with van der Waals surface area (Å²) in [6, 6.07) is 5.61. The van der Waals surface area contributed by atoms with Gasteiger partial charge < -0.3 is 9.47 Å². The van der Waals surface area contributed by atoms with Crippen LogP contribution in [-0.4, -0.2) is 29.2 Å². The van der Waals surface area contributed by atoms with Crippen LogP contribution in [0, 0.1) is 0 Å². The molecule has 0 spiro atoms. The van der Waals surface area contributed by atoms with Gasteiger partial charge in [-0.1, -0.05) is 0 Å². The number of aromatic nitrogens is 3. The molecule has 0 saturated carbocycles. The lowest BCUT2D eigenvalue weighted by molar-refractivity contribution is 0.394. The summed E-state index contributed by atoms with van der Waals surface area (Å²) in [7, 11) is 3.24. The van der Waals surface area contributed by atoms with Crippen LogP contribution in [0.25, 0.3) is 12.2 Å². The molecule has 0 bridgehead atoms. The van der Waals surface area contributed by atoms with E-state index >= 15 is 0 Å². The SMILES string of the molecule is COc1ccc(C=Cc2ncncn2)c(OC)c1. The highest BCUT2D eigenvalue weighted by molar-refractivity contribution is 5.70. The molecule has 1 aromatic heterocycles. The lowest BCUT2D eigenvalue weighted by Gasteiger charge is -2.07. The van der Waals surface area contributed by atoms with Crippen molar-refractivity contribution in [3.63, 3.8) is 0 Å². The smallest absolute Gasteiger partial charge is 0.155 e. The van der Waals surface area contributed by atoms with Gasteiger partial charge in [0.25, 0.3) is 0 Å². The first-order valence-corrected chi connectivity index (χ1v) is 5.35. The summed E-state index contributed by atoms with van der Waals surface area (Å²) in [6.45, 7) is 0. The van der Waals surface area contributed by atoms with Gasteiger partial charge in [0.2, 0.25) is 0 Å². The van der Waals surface area contributed by atoms with Crippen LogP contribution in [0.15, 0.2) is 30.9 Å². The summed E-state index contributed by atoms with van der Waals surface area (Å²) in [5, 5.41) is 0. The zero-order valence-electron chi connectivity index (χ0n) is 10.2. The molecule has 0 atom stereocenters. The topological polar surface area (TPSA) is 57.1 Å². The summed E-state index contributed by atoms with van der Waals surface area (Å²) < 4.78 is 10.4. The van der Waals surface area contributed by atoms with Gasteiger partial charge in [-0.2, -0.15) is 0 Å². The predicted molar refractivity (Wildman–Crippen MR) is 68.3 cm³/mol. The molecular formula is C13H13N3O2. The number of benzene rings is 1. The van der Waals surface area contributed by atoms with Crippen molar-refractivity contribution in [1.29, 1.82) is 0 Å². The van der Waals surface area contributed by atoms with E-state index in [-0.39, 0.29) is 0 Å². The van der Waals surface area contributed by atoms with Crippen molar-refractivity contribution in [3.8, 4) is 11.5 Å². The van der Waals surface area contributed by atoms with E-state index in [4.69, 9.17) is 9.47 Å². The Morgan fingerprint density at radius 3 is 2.44 bits per heavy atom. The van der Waals surface area contributed by atoms with Gasteiger partial charge in [0, 0.05) is 11.6 Å². The zero-order chi connectivity index (χ0) is 12.8. The molecule has 0 fully saturated rings. The first-order chi connectivity index (χ1) is 8.83. The minimum absolute atomic E-state index is 0.600. The van der Waals surface area contributed by atoms with E-state index in [9.17, 15) is 0 Å². The Morgan fingerprint density at radius 1 is 1.00 bits per heavy atom. The van der Waals surface area contributed by atoms with Gasteiger partial charge in [0.1, 0.15) is 24.2 Å². The maximum atomic E-state index is 5.29. The van der Waals surface area contributed by atoms with Gasteiger partial charge in [0.15, 0.2) is 5.82 Å². The molecule has 2 aromatic rings. The fourth-order valence-electron chi connectivity index (χ4n) is 1.45. The fourth-order valence-corrected chi connectivity index (χ4v) is 1.45. The number of hydrogen-bond donors (Lipinski definition) is 0. The number of nitrogens with zero attached hydrogens (tertiary/aromatic N) is 3. The summed E-state index contributed by atoms with van der Waals surface area (Å²) in [5.74, 6) is 2.09. The second kappa shape index (κ2) is 5.77. The van der Waals surface area contributed by atoms with Crippen molar-refractivity contribution in [1.82, 2.24) is 15.0 Å². The van der Waals surface area contributed by atoms with Crippen LogP contribution in [0.3, 0.4) is 0 Å². The third kappa shape index (κ3) is 2.82. The third-order valence-electron chi connectivity index (χ3n) is 2.37. The van der Waals surface area contributed by atoms with Gasteiger partial charge in [-0.05, 0) is 24.3 Å². The van der Waals surface area contributed by atoms with E-state index in [0.29, 0.717) is 5.82 Å². The second-order valence-electron chi connectivity index (χ2n) is 3.44. The number of methoxy groups -OCH3 is 2. The standard InChI is InChI=1S/C13H13N3O2/c1-17-11-5-3-10(12(7-11)18-2)4-6-13-15-8-14-9-16-13/h3-9H,1-2H3. The van der Waals surface area contributed by atoms with Crippen molar-refractivity contribution in [2.24, 2.45) is 0 Å². The molecule has 0 amide bonds. The average molecular weight is 243 g/mol. The van der Waals surface area contributed by atoms with Crippen LogP contribution >= 0.6 is 0 Å². The monoisotopic (exact) mass is 243 g/mol. The van der Waals surface area contributed by atoms with Crippen LogP contribution in [0.5, 0.6) is 11.5 Å². The largest absolute Gasteiger partial charge is 0.497 e. The lowest BCUT2D eigenvalue weighted by Crippen LogP contribution is -1.90. The molecule has 92 valence electrons. The van der Waals surface area contributed by atoms with Crippen LogP contribution in [0.1, 0.15) is 11.4 Å². The second-order valence-corrected chi connectivity index (χ2v) is 3.44. The van der Waals surface area contributed by atoms with E-state index in [1.807, 2.05) is 24.3 Å². The zero-order valence-corrected chi connectivity index (χ0v) is 10.2. The summed E-state index contributed by atoms with van der Waals surface area (Å²) in [6.07, 6.45) is 6.59.